The average molecular weight is 242 g/mol. The molecular weight excluding hydrogens is 216 g/mol. The van der Waals surface area contributed by atoms with Crippen molar-refractivity contribution in [2.75, 3.05) is 0 Å². The van der Waals surface area contributed by atoms with Gasteiger partial charge in [-0.2, -0.15) is 0 Å². The fraction of sp³-hybridized carbons (Fsp3) is 0.929. The molecule has 0 aliphatic heterocycles. The van der Waals surface area contributed by atoms with E-state index in [4.69, 9.17) is 0 Å². The van der Waals surface area contributed by atoms with Gasteiger partial charge in [0.05, 0.1) is 11.5 Å². The summed E-state index contributed by atoms with van der Waals surface area (Å²) in [7, 11) is 0. The molecule has 1 rings (SSSR count). The molecule has 1 aliphatic carbocycles. The molecule has 0 amide bonds. The summed E-state index contributed by atoms with van der Waals surface area (Å²) in [6, 6.07) is 0. The smallest absolute Gasteiger partial charge is 0.309 e. The van der Waals surface area contributed by atoms with Crippen molar-refractivity contribution in [3.8, 4) is 0 Å². The first kappa shape index (κ1) is 14.5. The molecule has 0 bridgehead atoms. The Morgan fingerprint density at radius 2 is 1.88 bits per heavy atom. The summed E-state index contributed by atoms with van der Waals surface area (Å²) in [6.07, 6.45) is 5.62. The highest BCUT2D eigenvalue weighted by Gasteiger charge is 2.45. The summed E-state index contributed by atoms with van der Waals surface area (Å²) >= 11 is 0. The van der Waals surface area contributed by atoms with Crippen LogP contribution in [0.5, 0.6) is 0 Å². The Labute approximate surface area is 104 Å². The van der Waals surface area contributed by atoms with E-state index in [-0.39, 0.29) is 5.92 Å². The van der Waals surface area contributed by atoms with Gasteiger partial charge in [-0.05, 0) is 37.5 Å². The summed E-state index contributed by atoms with van der Waals surface area (Å²) in [5.74, 6) is -0.802. The Kier molecular flexibility index (Phi) is 4.99. The Morgan fingerprint density at radius 3 is 2.24 bits per heavy atom. The van der Waals surface area contributed by atoms with Crippen molar-refractivity contribution in [1.29, 1.82) is 0 Å². The number of rotatable bonds is 5. The molecule has 1 aliphatic rings. The van der Waals surface area contributed by atoms with Crippen LogP contribution in [0, 0.1) is 17.8 Å². The lowest BCUT2D eigenvalue weighted by molar-refractivity contribution is -0.159. The van der Waals surface area contributed by atoms with E-state index < -0.39 is 17.5 Å². The standard InChI is InChI=1S/C14H26O3/c1-4-5-11-6-8-14(17,9-7-11)12(10(2)3)13(15)16/h10-12,17H,4-9H2,1-3H3,(H,15,16). The van der Waals surface area contributed by atoms with Crippen LogP contribution in [0.15, 0.2) is 0 Å². The van der Waals surface area contributed by atoms with Crippen LogP contribution in [0.4, 0.5) is 0 Å². The van der Waals surface area contributed by atoms with Crippen LogP contribution in [0.1, 0.15) is 59.3 Å². The lowest BCUT2D eigenvalue weighted by Gasteiger charge is -2.41. The third-order valence-electron chi connectivity index (χ3n) is 4.18. The van der Waals surface area contributed by atoms with Gasteiger partial charge in [0.1, 0.15) is 0 Å². The highest BCUT2D eigenvalue weighted by molar-refractivity contribution is 5.71. The molecule has 0 radical (unpaired) electrons. The lowest BCUT2D eigenvalue weighted by atomic mass is 9.68. The molecule has 1 atom stereocenters. The van der Waals surface area contributed by atoms with E-state index in [0.717, 1.165) is 12.8 Å². The van der Waals surface area contributed by atoms with Crippen molar-refractivity contribution < 1.29 is 15.0 Å². The predicted molar refractivity (Wildman–Crippen MR) is 67.8 cm³/mol. The van der Waals surface area contributed by atoms with Gasteiger partial charge in [0.25, 0.3) is 0 Å². The third-order valence-corrected chi connectivity index (χ3v) is 4.18. The van der Waals surface area contributed by atoms with Crippen LogP contribution in [0.2, 0.25) is 0 Å². The summed E-state index contributed by atoms with van der Waals surface area (Å²) in [4.78, 5) is 11.3. The lowest BCUT2D eigenvalue weighted by Crippen LogP contribution is -2.47. The molecule has 1 unspecified atom stereocenters. The van der Waals surface area contributed by atoms with Crippen LogP contribution in [-0.2, 0) is 4.79 Å². The van der Waals surface area contributed by atoms with Crippen molar-refractivity contribution >= 4 is 5.97 Å². The molecule has 1 fully saturated rings. The van der Waals surface area contributed by atoms with E-state index >= 15 is 0 Å². The average Bonchev–Trinajstić information content (AvgIpc) is 2.20. The number of aliphatic hydroxyl groups is 1. The largest absolute Gasteiger partial charge is 0.481 e. The summed E-state index contributed by atoms with van der Waals surface area (Å²) < 4.78 is 0. The first-order valence-corrected chi connectivity index (χ1v) is 6.86. The second-order valence-electron chi connectivity index (χ2n) is 5.90. The Morgan fingerprint density at radius 1 is 1.35 bits per heavy atom. The normalized spacial score (nSPS) is 31.5. The molecule has 100 valence electrons. The minimum Gasteiger partial charge on any atom is -0.481 e. The number of hydrogen-bond donors (Lipinski definition) is 2. The van der Waals surface area contributed by atoms with Crippen molar-refractivity contribution in [3.63, 3.8) is 0 Å². The topological polar surface area (TPSA) is 57.5 Å². The first-order valence-electron chi connectivity index (χ1n) is 6.86. The second kappa shape index (κ2) is 5.85. The predicted octanol–water partition coefficient (Wildman–Crippen LogP) is 3.06. The zero-order valence-corrected chi connectivity index (χ0v) is 11.3. The molecule has 1 saturated carbocycles. The minimum absolute atomic E-state index is 0.0137. The van der Waals surface area contributed by atoms with Gasteiger partial charge in [-0.25, -0.2) is 0 Å². The van der Waals surface area contributed by atoms with E-state index in [0.29, 0.717) is 18.8 Å². The zero-order valence-electron chi connectivity index (χ0n) is 11.3. The molecule has 0 spiro atoms. The third kappa shape index (κ3) is 3.44. The molecule has 17 heavy (non-hydrogen) atoms. The molecular formula is C14H26O3. The van der Waals surface area contributed by atoms with Gasteiger partial charge in [0.2, 0.25) is 0 Å². The summed E-state index contributed by atoms with van der Waals surface area (Å²) in [6.45, 7) is 5.94. The highest BCUT2D eigenvalue weighted by atomic mass is 16.4. The number of carboxylic acids is 1. The molecule has 0 saturated heterocycles. The SMILES string of the molecule is CCCC1CCC(O)(C(C(=O)O)C(C)C)CC1. The minimum atomic E-state index is -0.982. The molecule has 2 N–H and O–H groups in total. The van der Waals surface area contributed by atoms with E-state index in [9.17, 15) is 15.0 Å². The Balaban J connectivity index is 2.67. The van der Waals surface area contributed by atoms with E-state index in [1.807, 2.05) is 13.8 Å². The summed E-state index contributed by atoms with van der Waals surface area (Å²) in [5, 5.41) is 19.8. The maximum Gasteiger partial charge on any atom is 0.309 e. The number of carbonyl (C=O) groups is 1. The van der Waals surface area contributed by atoms with Gasteiger partial charge in [-0.1, -0.05) is 33.6 Å². The highest BCUT2D eigenvalue weighted by Crippen LogP contribution is 2.41. The first-order chi connectivity index (χ1) is 7.90. The molecule has 3 heteroatoms. The van der Waals surface area contributed by atoms with Crippen molar-refractivity contribution in [2.45, 2.75) is 64.9 Å². The van der Waals surface area contributed by atoms with Crippen molar-refractivity contribution in [3.05, 3.63) is 0 Å². The molecule has 0 heterocycles. The molecule has 3 nitrogen and oxygen atoms in total. The van der Waals surface area contributed by atoms with Gasteiger partial charge >= 0.3 is 5.97 Å². The van der Waals surface area contributed by atoms with Gasteiger partial charge in [-0.15, -0.1) is 0 Å². The fourth-order valence-corrected chi connectivity index (χ4v) is 3.32. The second-order valence-corrected chi connectivity index (χ2v) is 5.90. The van der Waals surface area contributed by atoms with Gasteiger partial charge < -0.3 is 10.2 Å². The van der Waals surface area contributed by atoms with E-state index in [1.54, 1.807) is 0 Å². The molecule has 0 aromatic heterocycles. The van der Waals surface area contributed by atoms with Gasteiger partial charge in [0, 0.05) is 0 Å². The zero-order chi connectivity index (χ0) is 13.1. The summed E-state index contributed by atoms with van der Waals surface area (Å²) in [5.41, 5.74) is -0.982. The van der Waals surface area contributed by atoms with Crippen molar-refractivity contribution in [2.24, 2.45) is 17.8 Å². The van der Waals surface area contributed by atoms with Crippen LogP contribution in [0.25, 0.3) is 0 Å². The Bertz CT molecular complexity index is 252. The quantitative estimate of drug-likeness (QED) is 0.779. The maximum absolute atomic E-state index is 11.3. The molecule has 0 aromatic carbocycles. The Hall–Kier alpha value is -0.570. The van der Waals surface area contributed by atoms with E-state index in [1.165, 1.54) is 12.8 Å². The van der Waals surface area contributed by atoms with E-state index in [2.05, 4.69) is 6.92 Å². The number of carboxylic acid groups (broad SMARTS) is 1. The van der Waals surface area contributed by atoms with Crippen LogP contribution in [-0.4, -0.2) is 21.8 Å². The maximum atomic E-state index is 11.3. The van der Waals surface area contributed by atoms with Crippen molar-refractivity contribution in [1.82, 2.24) is 0 Å². The van der Waals surface area contributed by atoms with Crippen LogP contribution in [0.3, 0.4) is 0 Å². The number of aliphatic carboxylic acids is 1. The fourth-order valence-electron chi connectivity index (χ4n) is 3.32. The monoisotopic (exact) mass is 242 g/mol. The van der Waals surface area contributed by atoms with Gasteiger partial charge in [-0.3, -0.25) is 4.79 Å². The van der Waals surface area contributed by atoms with Gasteiger partial charge in [0.15, 0.2) is 0 Å². The molecule has 0 aromatic rings. The number of hydrogen-bond acceptors (Lipinski definition) is 2. The van der Waals surface area contributed by atoms with Crippen LogP contribution >= 0.6 is 0 Å². The van der Waals surface area contributed by atoms with Crippen LogP contribution < -0.4 is 0 Å².